The molecule has 0 saturated heterocycles. The molecule has 1 aliphatic rings. The van der Waals surface area contributed by atoms with E-state index in [1.807, 2.05) is 16.8 Å². The van der Waals surface area contributed by atoms with Gasteiger partial charge in [0.15, 0.2) is 5.96 Å². The first-order chi connectivity index (χ1) is 13.3. The Labute approximate surface area is 159 Å². The predicted octanol–water partition coefficient (Wildman–Crippen LogP) is 2.66. The molecule has 2 heterocycles. The van der Waals surface area contributed by atoms with Gasteiger partial charge in [-0.2, -0.15) is 0 Å². The average molecular weight is 360 g/mol. The average Bonchev–Trinajstić information content (AvgIpc) is 3.39. The van der Waals surface area contributed by atoms with Gasteiger partial charge >= 0.3 is 0 Å². The Bertz CT molecular complexity index is 916. The number of aliphatic imine (C=N–C) groups is 1. The Kier molecular flexibility index (Phi) is 5.14. The highest BCUT2D eigenvalue weighted by atomic mass is 15.2. The van der Waals surface area contributed by atoms with E-state index in [2.05, 4.69) is 55.9 Å². The number of aryl methyl sites for hydroxylation is 1. The molecule has 2 N–H and O–H groups in total. The van der Waals surface area contributed by atoms with E-state index >= 15 is 0 Å². The number of aromatic nitrogens is 3. The molecule has 0 aliphatic heterocycles. The lowest BCUT2D eigenvalue weighted by Crippen LogP contribution is -2.38. The fourth-order valence-electron chi connectivity index (χ4n) is 3.66. The maximum atomic E-state index is 4.48. The molecule has 6 nitrogen and oxygen atoms in total. The highest BCUT2D eigenvalue weighted by Crippen LogP contribution is 2.32. The first-order valence-corrected chi connectivity index (χ1v) is 9.29. The van der Waals surface area contributed by atoms with Crippen molar-refractivity contribution >= 4 is 5.96 Å². The number of nitrogens with zero attached hydrogens (tertiary/aromatic N) is 4. The predicted molar refractivity (Wildman–Crippen MR) is 107 cm³/mol. The standard InChI is InChI=1S/C21H24N6/c1-22-21(25-13-17-9-8-16-5-2-3-7-19(16)17)26-14-18-6-4-10-24-20(18)27-12-11-23-15-27/h2-7,10-12,15,17H,8-9,13-14H2,1H3,(H2,22,25,26). The number of rotatable bonds is 5. The van der Waals surface area contributed by atoms with Gasteiger partial charge in [-0.1, -0.05) is 30.3 Å². The molecule has 138 valence electrons. The lowest BCUT2D eigenvalue weighted by Gasteiger charge is -2.17. The van der Waals surface area contributed by atoms with Crippen LogP contribution in [0.4, 0.5) is 0 Å². The summed E-state index contributed by atoms with van der Waals surface area (Å²) in [6.45, 7) is 1.53. The van der Waals surface area contributed by atoms with Gasteiger partial charge in [0, 0.05) is 50.2 Å². The van der Waals surface area contributed by atoms with Crippen molar-refractivity contribution in [1.29, 1.82) is 0 Å². The zero-order chi connectivity index (χ0) is 18.5. The minimum Gasteiger partial charge on any atom is -0.356 e. The molecule has 0 fully saturated rings. The summed E-state index contributed by atoms with van der Waals surface area (Å²) < 4.78 is 1.92. The molecule has 2 aromatic heterocycles. The van der Waals surface area contributed by atoms with Crippen molar-refractivity contribution in [3.63, 3.8) is 0 Å². The molecular weight excluding hydrogens is 336 g/mol. The first kappa shape index (κ1) is 17.3. The molecule has 0 amide bonds. The zero-order valence-corrected chi connectivity index (χ0v) is 15.5. The van der Waals surface area contributed by atoms with E-state index in [4.69, 9.17) is 0 Å². The molecule has 3 aromatic rings. The van der Waals surface area contributed by atoms with Crippen molar-refractivity contribution in [1.82, 2.24) is 25.2 Å². The minimum absolute atomic E-state index is 0.541. The number of hydrogen-bond donors (Lipinski definition) is 2. The third kappa shape index (κ3) is 3.84. The largest absolute Gasteiger partial charge is 0.356 e. The van der Waals surface area contributed by atoms with Crippen molar-refractivity contribution in [2.75, 3.05) is 13.6 Å². The summed E-state index contributed by atoms with van der Waals surface area (Å²) >= 11 is 0. The molecular formula is C21H24N6. The number of imidazole rings is 1. The second-order valence-corrected chi connectivity index (χ2v) is 6.70. The van der Waals surface area contributed by atoms with E-state index in [-0.39, 0.29) is 0 Å². The van der Waals surface area contributed by atoms with Gasteiger partial charge in [-0.25, -0.2) is 9.97 Å². The van der Waals surface area contributed by atoms with Crippen molar-refractivity contribution in [2.45, 2.75) is 25.3 Å². The smallest absolute Gasteiger partial charge is 0.191 e. The Morgan fingerprint density at radius 3 is 2.96 bits per heavy atom. The third-order valence-electron chi connectivity index (χ3n) is 5.06. The van der Waals surface area contributed by atoms with Crippen LogP contribution in [0.25, 0.3) is 5.82 Å². The van der Waals surface area contributed by atoms with Crippen molar-refractivity contribution in [3.05, 3.63) is 78.0 Å². The summed E-state index contributed by atoms with van der Waals surface area (Å²) in [5.74, 6) is 2.22. The van der Waals surface area contributed by atoms with E-state index in [9.17, 15) is 0 Å². The van der Waals surface area contributed by atoms with Gasteiger partial charge in [-0.3, -0.25) is 9.56 Å². The molecule has 0 bridgehead atoms. The van der Waals surface area contributed by atoms with Gasteiger partial charge < -0.3 is 10.6 Å². The quantitative estimate of drug-likeness (QED) is 0.542. The summed E-state index contributed by atoms with van der Waals surface area (Å²) in [4.78, 5) is 13.0. The number of guanidine groups is 1. The van der Waals surface area contributed by atoms with Crippen LogP contribution in [0.3, 0.4) is 0 Å². The highest BCUT2D eigenvalue weighted by molar-refractivity contribution is 5.79. The Morgan fingerprint density at radius 1 is 1.19 bits per heavy atom. The lowest BCUT2D eigenvalue weighted by molar-refractivity contribution is 0.641. The molecule has 6 heteroatoms. The SMILES string of the molecule is CN=C(NCc1cccnc1-n1ccnc1)NCC1CCc2ccccc21. The molecule has 4 rings (SSSR count). The molecule has 27 heavy (non-hydrogen) atoms. The van der Waals surface area contributed by atoms with Crippen LogP contribution in [0, 0.1) is 0 Å². The Morgan fingerprint density at radius 2 is 2.11 bits per heavy atom. The highest BCUT2D eigenvalue weighted by Gasteiger charge is 2.21. The van der Waals surface area contributed by atoms with Crippen LogP contribution in [0.5, 0.6) is 0 Å². The molecule has 1 unspecified atom stereocenters. The van der Waals surface area contributed by atoms with Gasteiger partial charge in [0.2, 0.25) is 0 Å². The summed E-state index contributed by atoms with van der Waals surface area (Å²) in [7, 11) is 1.80. The van der Waals surface area contributed by atoms with E-state index < -0.39 is 0 Å². The number of fused-ring (bicyclic) bond motifs is 1. The molecule has 0 radical (unpaired) electrons. The topological polar surface area (TPSA) is 67.1 Å². The van der Waals surface area contributed by atoms with Crippen molar-refractivity contribution in [2.24, 2.45) is 4.99 Å². The number of pyridine rings is 1. The van der Waals surface area contributed by atoms with Crippen molar-refractivity contribution < 1.29 is 0 Å². The van der Waals surface area contributed by atoms with Crippen LogP contribution in [0.1, 0.15) is 29.0 Å². The maximum absolute atomic E-state index is 4.48. The fourth-order valence-corrected chi connectivity index (χ4v) is 3.66. The second kappa shape index (κ2) is 8.03. The minimum atomic E-state index is 0.541. The van der Waals surface area contributed by atoms with E-state index in [0.29, 0.717) is 12.5 Å². The molecule has 0 saturated carbocycles. The van der Waals surface area contributed by atoms with Gasteiger partial charge in [-0.05, 0) is 30.0 Å². The van der Waals surface area contributed by atoms with Gasteiger partial charge in [0.05, 0.1) is 0 Å². The Balaban J connectivity index is 1.37. The monoisotopic (exact) mass is 360 g/mol. The maximum Gasteiger partial charge on any atom is 0.191 e. The lowest BCUT2D eigenvalue weighted by atomic mass is 10.0. The molecule has 1 aliphatic carbocycles. The second-order valence-electron chi connectivity index (χ2n) is 6.70. The van der Waals surface area contributed by atoms with Crippen LogP contribution >= 0.6 is 0 Å². The molecule has 0 spiro atoms. The van der Waals surface area contributed by atoms with Crippen LogP contribution in [0.15, 0.2) is 66.3 Å². The van der Waals surface area contributed by atoms with Crippen LogP contribution in [-0.2, 0) is 13.0 Å². The normalized spacial score (nSPS) is 16.2. The number of benzene rings is 1. The molecule has 1 aromatic carbocycles. The fraction of sp³-hybridized carbons (Fsp3) is 0.286. The number of hydrogen-bond acceptors (Lipinski definition) is 3. The summed E-state index contributed by atoms with van der Waals surface area (Å²) in [6.07, 6.45) is 9.57. The van der Waals surface area contributed by atoms with E-state index in [1.54, 1.807) is 25.8 Å². The van der Waals surface area contributed by atoms with Gasteiger partial charge in [0.1, 0.15) is 12.1 Å². The van der Waals surface area contributed by atoms with E-state index in [0.717, 1.165) is 23.9 Å². The zero-order valence-electron chi connectivity index (χ0n) is 15.5. The summed E-state index contributed by atoms with van der Waals surface area (Å²) in [5, 5.41) is 6.88. The third-order valence-corrected chi connectivity index (χ3v) is 5.06. The first-order valence-electron chi connectivity index (χ1n) is 9.29. The van der Waals surface area contributed by atoms with E-state index in [1.165, 1.54) is 24.0 Å². The number of nitrogens with one attached hydrogen (secondary N) is 2. The summed E-state index contributed by atoms with van der Waals surface area (Å²) in [5.41, 5.74) is 4.03. The van der Waals surface area contributed by atoms with Gasteiger partial charge in [-0.15, -0.1) is 0 Å². The summed E-state index contributed by atoms with van der Waals surface area (Å²) in [6, 6.07) is 12.8. The van der Waals surface area contributed by atoms with Crippen LogP contribution in [0.2, 0.25) is 0 Å². The molecule has 1 atom stereocenters. The Hall–Kier alpha value is -3.15. The van der Waals surface area contributed by atoms with Crippen LogP contribution < -0.4 is 10.6 Å². The van der Waals surface area contributed by atoms with Gasteiger partial charge in [0.25, 0.3) is 0 Å². The van der Waals surface area contributed by atoms with Crippen molar-refractivity contribution in [3.8, 4) is 5.82 Å². The van der Waals surface area contributed by atoms with Crippen LogP contribution in [-0.4, -0.2) is 34.1 Å².